The van der Waals surface area contributed by atoms with Gasteiger partial charge in [0.15, 0.2) is 0 Å². The Hall–Kier alpha value is -1.02. The van der Waals surface area contributed by atoms with Gasteiger partial charge < -0.3 is 9.84 Å². The molecule has 1 aromatic rings. The van der Waals surface area contributed by atoms with Crippen molar-refractivity contribution >= 4 is 0 Å². The second-order valence-corrected chi connectivity index (χ2v) is 4.04. The normalized spacial score (nSPS) is 27.5. The number of hydrogen-bond donors (Lipinski definition) is 1. The fourth-order valence-corrected chi connectivity index (χ4v) is 2.10. The Morgan fingerprint density at radius 3 is 2.64 bits per heavy atom. The van der Waals surface area contributed by atoms with Crippen LogP contribution in [-0.2, 0) is 4.74 Å². The molecule has 2 rings (SSSR count). The van der Waals surface area contributed by atoms with Crippen molar-refractivity contribution in [3.05, 3.63) is 29.8 Å². The first-order valence-electron chi connectivity index (χ1n) is 5.14. The molecule has 0 amide bonds. The predicted molar refractivity (Wildman–Crippen MR) is 55.4 cm³/mol. The molecule has 1 saturated heterocycles. The van der Waals surface area contributed by atoms with Crippen LogP contribution in [0, 0.1) is 5.92 Å². The van der Waals surface area contributed by atoms with E-state index in [0.29, 0.717) is 17.6 Å². The fraction of sp³-hybridized carbons (Fsp3) is 0.500. The highest BCUT2D eigenvalue weighted by atomic mass is 16.5. The standard InChI is InChI=1S/C12H16O2/c1-9-8-14-7-6-12(9)10-2-4-11(13)5-3-10/h2-5,9,12-13H,6-8H2,1H3. The summed E-state index contributed by atoms with van der Waals surface area (Å²) in [5.41, 5.74) is 1.32. The first kappa shape index (κ1) is 9.53. The van der Waals surface area contributed by atoms with E-state index in [1.165, 1.54) is 5.56 Å². The summed E-state index contributed by atoms with van der Waals surface area (Å²) in [5.74, 6) is 1.51. The first-order valence-corrected chi connectivity index (χ1v) is 5.14. The van der Waals surface area contributed by atoms with Gasteiger partial charge in [-0.2, -0.15) is 0 Å². The average Bonchev–Trinajstić information content (AvgIpc) is 2.20. The van der Waals surface area contributed by atoms with Crippen LogP contribution in [0.3, 0.4) is 0 Å². The highest BCUT2D eigenvalue weighted by molar-refractivity contribution is 5.28. The van der Waals surface area contributed by atoms with Gasteiger partial charge in [0, 0.05) is 13.2 Å². The van der Waals surface area contributed by atoms with E-state index in [4.69, 9.17) is 4.74 Å². The molecule has 1 fully saturated rings. The summed E-state index contributed by atoms with van der Waals surface area (Å²) in [6, 6.07) is 7.55. The monoisotopic (exact) mass is 192 g/mol. The van der Waals surface area contributed by atoms with Crippen LogP contribution < -0.4 is 0 Å². The van der Waals surface area contributed by atoms with Crippen molar-refractivity contribution < 1.29 is 9.84 Å². The molecule has 14 heavy (non-hydrogen) atoms. The number of phenolic OH excluding ortho intramolecular Hbond substituents is 1. The Morgan fingerprint density at radius 1 is 1.29 bits per heavy atom. The highest BCUT2D eigenvalue weighted by Crippen LogP contribution is 2.32. The third kappa shape index (κ3) is 1.90. The van der Waals surface area contributed by atoms with Gasteiger partial charge in [-0.05, 0) is 36.0 Å². The topological polar surface area (TPSA) is 29.5 Å². The lowest BCUT2D eigenvalue weighted by Gasteiger charge is -2.29. The molecule has 0 saturated carbocycles. The Labute approximate surface area is 84.5 Å². The summed E-state index contributed by atoms with van der Waals surface area (Å²) in [7, 11) is 0. The lowest BCUT2D eigenvalue weighted by Crippen LogP contribution is -2.23. The molecule has 1 heterocycles. The molecule has 1 aromatic carbocycles. The second-order valence-electron chi connectivity index (χ2n) is 4.04. The molecule has 0 aliphatic carbocycles. The van der Waals surface area contributed by atoms with Crippen molar-refractivity contribution in [3.63, 3.8) is 0 Å². The van der Waals surface area contributed by atoms with E-state index in [1.807, 2.05) is 12.1 Å². The van der Waals surface area contributed by atoms with Gasteiger partial charge in [0.1, 0.15) is 5.75 Å². The van der Waals surface area contributed by atoms with Crippen LogP contribution in [0.25, 0.3) is 0 Å². The zero-order valence-electron chi connectivity index (χ0n) is 8.44. The first-order chi connectivity index (χ1) is 6.77. The summed E-state index contributed by atoms with van der Waals surface area (Å²) < 4.78 is 5.41. The number of hydrogen-bond acceptors (Lipinski definition) is 2. The molecule has 1 N–H and O–H groups in total. The van der Waals surface area contributed by atoms with E-state index in [1.54, 1.807) is 12.1 Å². The molecule has 2 nitrogen and oxygen atoms in total. The zero-order valence-corrected chi connectivity index (χ0v) is 8.44. The molecule has 76 valence electrons. The van der Waals surface area contributed by atoms with Gasteiger partial charge in [0.25, 0.3) is 0 Å². The number of aromatic hydroxyl groups is 1. The van der Waals surface area contributed by atoms with Crippen LogP contribution in [0.5, 0.6) is 5.75 Å². The summed E-state index contributed by atoms with van der Waals surface area (Å²) in [5, 5.41) is 9.20. The Bertz CT molecular complexity index is 292. The van der Waals surface area contributed by atoms with Crippen LogP contribution in [0.15, 0.2) is 24.3 Å². The minimum atomic E-state index is 0.341. The fourth-order valence-electron chi connectivity index (χ4n) is 2.10. The molecule has 0 bridgehead atoms. The lowest BCUT2D eigenvalue weighted by molar-refractivity contribution is 0.0473. The van der Waals surface area contributed by atoms with Crippen LogP contribution >= 0.6 is 0 Å². The van der Waals surface area contributed by atoms with Crippen molar-refractivity contribution in [1.29, 1.82) is 0 Å². The number of ether oxygens (including phenoxy) is 1. The van der Waals surface area contributed by atoms with E-state index in [9.17, 15) is 5.11 Å². The van der Waals surface area contributed by atoms with Crippen molar-refractivity contribution in [3.8, 4) is 5.75 Å². The number of rotatable bonds is 1. The van der Waals surface area contributed by atoms with Crippen molar-refractivity contribution in [1.82, 2.24) is 0 Å². The molecule has 0 spiro atoms. The van der Waals surface area contributed by atoms with Gasteiger partial charge in [0.2, 0.25) is 0 Å². The van der Waals surface area contributed by atoms with Gasteiger partial charge in [-0.3, -0.25) is 0 Å². The molecule has 2 heteroatoms. The van der Waals surface area contributed by atoms with Crippen LogP contribution in [0.2, 0.25) is 0 Å². The molecule has 1 aliphatic rings. The number of phenols is 1. The predicted octanol–water partition coefficient (Wildman–Crippen LogP) is 2.53. The summed E-state index contributed by atoms with van der Waals surface area (Å²) >= 11 is 0. The van der Waals surface area contributed by atoms with E-state index >= 15 is 0 Å². The molecular weight excluding hydrogens is 176 g/mol. The third-order valence-corrected chi connectivity index (χ3v) is 2.96. The average molecular weight is 192 g/mol. The summed E-state index contributed by atoms with van der Waals surface area (Å²) in [4.78, 5) is 0. The van der Waals surface area contributed by atoms with Gasteiger partial charge in [-0.25, -0.2) is 0 Å². The maximum Gasteiger partial charge on any atom is 0.115 e. The molecule has 0 aromatic heterocycles. The Morgan fingerprint density at radius 2 is 2.00 bits per heavy atom. The minimum Gasteiger partial charge on any atom is -0.508 e. The molecule has 2 unspecified atom stereocenters. The molecule has 2 atom stereocenters. The second kappa shape index (κ2) is 4.01. The van der Waals surface area contributed by atoms with Gasteiger partial charge in [0.05, 0.1) is 0 Å². The van der Waals surface area contributed by atoms with E-state index in [0.717, 1.165) is 19.6 Å². The van der Waals surface area contributed by atoms with E-state index < -0.39 is 0 Å². The Balaban J connectivity index is 2.16. The zero-order chi connectivity index (χ0) is 9.97. The van der Waals surface area contributed by atoms with Crippen molar-refractivity contribution in [2.75, 3.05) is 13.2 Å². The Kier molecular flexibility index (Phi) is 2.73. The largest absolute Gasteiger partial charge is 0.508 e. The quantitative estimate of drug-likeness (QED) is 0.741. The maximum absolute atomic E-state index is 9.20. The lowest BCUT2D eigenvalue weighted by atomic mass is 9.84. The van der Waals surface area contributed by atoms with Gasteiger partial charge >= 0.3 is 0 Å². The van der Waals surface area contributed by atoms with Crippen molar-refractivity contribution in [2.24, 2.45) is 5.92 Å². The van der Waals surface area contributed by atoms with Gasteiger partial charge in [-0.15, -0.1) is 0 Å². The molecule has 1 aliphatic heterocycles. The number of benzene rings is 1. The van der Waals surface area contributed by atoms with Crippen molar-refractivity contribution in [2.45, 2.75) is 19.3 Å². The highest BCUT2D eigenvalue weighted by Gasteiger charge is 2.23. The maximum atomic E-state index is 9.20. The summed E-state index contributed by atoms with van der Waals surface area (Å²) in [6.45, 7) is 3.93. The van der Waals surface area contributed by atoms with E-state index in [2.05, 4.69) is 6.92 Å². The van der Waals surface area contributed by atoms with Crippen LogP contribution in [0.1, 0.15) is 24.8 Å². The van der Waals surface area contributed by atoms with E-state index in [-0.39, 0.29) is 0 Å². The molecule has 0 radical (unpaired) electrons. The smallest absolute Gasteiger partial charge is 0.115 e. The SMILES string of the molecule is CC1COCCC1c1ccc(O)cc1. The summed E-state index contributed by atoms with van der Waals surface area (Å²) in [6.07, 6.45) is 1.09. The molecular formula is C12H16O2. The van der Waals surface area contributed by atoms with Crippen LogP contribution in [-0.4, -0.2) is 18.3 Å². The van der Waals surface area contributed by atoms with Crippen LogP contribution in [0.4, 0.5) is 0 Å². The third-order valence-electron chi connectivity index (χ3n) is 2.96. The van der Waals surface area contributed by atoms with Gasteiger partial charge in [-0.1, -0.05) is 19.1 Å². The minimum absolute atomic E-state index is 0.341.